The van der Waals surface area contributed by atoms with E-state index in [4.69, 9.17) is 9.98 Å². The molecule has 0 amide bonds. The molecule has 0 bridgehead atoms. The second kappa shape index (κ2) is 5.66. The molecule has 23 heavy (non-hydrogen) atoms. The fraction of sp³-hybridized carbons (Fsp3) is 0.333. The predicted octanol–water partition coefficient (Wildman–Crippen LogP) is 2.40. The summed E-state index contributed by atoms with van der Waals surface area (Å²) in [5.41, 5.74) is 3.15. The highest BCUT2D eigenvalue weighted by Crippen LogP contribution is 2.36. The molecular formula is C18H21N5. The highest BCUT2D eigenvalue weighted by molar-refractivity contribution is 6.47. The third-order valence-electron chi connectivity index (χ3n) is 4.41. The van der Waals surface area contributed by atoms with Gasteiger partial charge in [-0.2, -0.15) is 0 Å². The second-order valence-corrected chi connectivity index (χ2v) is 6.03. The maximum absolute atomic E-state index is 4.94. The second-order valence-electron chi connectivity index (χ2n) is 6.03. The van der Waals surface area contributed by atoms with Crippen molar-refractivity contribution >= 4 is 29.1 Å². The molecule has 0 spiro atoms. The SMILES string of the molecule is C=Cc1ccc2c(c1)N1C=CC(C)N=C1C(N1CCNCC1)=N2. The molecule has 3 aliphatic rings. The molecule has 4 rings (SSSR count). The number of anilines is 1. The van der Waals surface area contributed by atoms with Crippen LogP contribution < -0.4 is 10.2 Å². The van der Waals surface area contributed by atoms with Crippen LogP contribution in [0.5, 0.6) is 0 Å². The Morgan fingerprint density at radius 1 is 1.26 bits per heavy atom. The number of nitrogens with one attached hydrogen (secondary N) is 1. The lowest BCUT2D eigenvalue weighted by Gasteiger charge is -2.38. The van der Waals surface area contributed by atoms with Gasteiger partial charge in [0, 0.05) is 32.4 Å². The molecular weight excluding hydrogens is 286 g/mol. The first-order chi connectivity index (χ1) is 11.3. The summed E-state index contributed by atoms with van der Waals surface area (Å²) in [4.78, 5) is 14.3. The molecule has 1 aromatic rings. The molecule has 3 aliphatic heterocycles. The Bertz CT molecular complexity index is 725. The van der Waals surface area contributed by atoms with Crippen molar-refractivity contribution in [3.8, 4) is 0 Å². The summed E-state index contributed by atoms with van der Waals surface area (Å²) >= 11 is 0. The maximum atomic E-state index is 4.94. The van der Waals surface area contributed by atoms with Gasteiger partial charge in [0.25, 0.3) is 0 Å². The minimum atomic E-state index is 0.179. The molecule has 0 aromatic heterocycles. The van der Waals surface area contributed by atoms with E-state index in [1.165, 1.54) is 0 Å². The molecule has 1 atom stereocenters. The molecule has 0 saturated carbocycles. The van der Waals surface area contributed by atoms with Crippen LogP contribution in [-0.2, 0) is 0 Å². The minimum absolute atomic E-state index is 0.179. The van der Waals surface area contributed by atoms with Gasteiger partial charge in [-0.3, -0.25) is 9.89 Å². The number of nitrogens with zero attached hydrogens (tertiary/aromatic N) is 4. The average Bonchev–Trinajstić information content (AvgIpc) is 2.61. The molecule has 118 valence electrons. The molecule has 0 radical (unpaired) electrons. The van der Waals surface area contributed by atoms with E-state index < -0.39 is 0 Å². The van der Waals surface area contributed by atoms with E-state index in [-0.39, 0.29) is 6.04 Å². The molecule has 1 N–H and O–H groups in total. The van der Waals surface area contributed by atoms with Gasteiger partial charge in [-0.05, 0) is 30.7 Å². The minimum Gasteiger partial charge on any atom is -0.351 e. The molecule has 5 nitrogen and oxygen atoms in total. The van der Waals surface area contributed by atoms with Gasteiger partial charge in [0.1, 0.15) is 0 Å². The van der Waals surface area contributed by atoms with Crippen molar-refractivity contribution in [2.24, 2.45) is 9.98 Å². The Kier molecular flexibility index (Phi) is 3.50. The summed E-state index contributed by atoms with van der Waals surface area (Å²) in [7, 11) is 0. The summed E-state index contributed by atoms with van der Waals surface area (Å²) in [5, 5.41) is 3.39. The number of aliphatic imine (C=N–C) groups is 2. The average molecular weight is 307 g/mol. The van der Waals surface area contributed by atoms with Gasteiger partial charge in [0.2, 0.25) is 0 Å². The van der Waals surface area contributed by atoms with Crippen molar-refractivity contribution in [3.63, 3.8) is 0 Å². The Balaban J connectivity index is 1.83. The van der Waals surface area contributed by atoms with Gasteiger partial charge in [-0.1, -0.05) is 18.7 Å². The van der Waals surface area contributed by atoms with Gasteiger partial charge in [0.05, 0.1) is 17.4 Å². The number of piperazine rings is 1. The van der Waals surface area contributed by atoms with E-state index in [1.54, 1.807) is 0 Å². The summed E-state index contributed by atoms with van der Waals surface area (Å²) in [6.07, 6.45) is 6.10. The van der Waals surface area contributed by atoms with Crippen molar-refractivity contribution in [1.82, 2.24) is 10.2 Å². The van der Waals surface area contributed by atoms with Crippen LogP contribution in [0.4, 0.5) is 11.4 Å². The maximum Gasteiger partial charge on any atom is 0.176 e. The smallest absolute Gasteiger partial charge is 0.176 e. The van der Waals surface area contributed by atoms with E-state index in [0.29, 0.717) is 0 Å². The summed E-state index contributed by atoms with van der Waals surface area (Å²) in [5.74, 6) is 1.94. The predicted molar refractivity (Wildman–Crippen MR) is 96.6 cm³/mol. The number of benzene rings is 1. The molecule has 0 aliphatic carbocycles. The topological polar surface area (TPSA) is 43.2 Å². The highest BCUT2D eigenvalue weighted by atomic mass is 15.3. The van der Waals surface area contributed by atoms with Crippen molar-refractivity contribution in [2.75, 3.05) is 31.1 Å². The van der Waals surface area contributed by atoms with Crippen molar-refractivity contribution in [3.05, 3.63) is 42.6 Å². The van der Waals surface area contributed by atoms with Crippen LogP contribution in [0, 0.1) is 0 Å². The summed E-state index contributed by atoms with van der Waals surface area (Å²) < 4.78 is 0. The summed E-state index contributed by atoms with van der Waals surface area (Å²) in [6, 6.07) is 6.43. The van der Waals surface area contributed by atoms with E-state index >= 15 is 0 Å². The molecule has 1 fully saturated rings. The Morgan fingerprint density at radius 2 is 2.09 bits per heavy atom. The summed E-state index contributed by atoms with van der Waals surface area (Å²) in [6.45, 7) is 9.87. The zero-order valence-corrected chi connectivity index (χ0v) is 13.4. The lowest BCUT2D eigenvalue weighted by molar-refractivity contribution is 0.360. The van der Waals surface area contributed by atoms with Gasteiger partial charge in [-0.25, -0.2) is 4.99 Å². The van der Waals surface area contributed by atoms with Crippen LogP contribution in [0.15, 0.2) is 47.0 Å². The number of hydrogen-bond acceptors (Lipinski definition) is 5. The van der Waals surface area contributed by atoms with Crippen LogP contribution in [0.3, 0.4) is 0 Å². The van der Waals surface area contributed by atoms with Crippen LogP contribution in [0.1, 0.15) is 12.5 Å². The van der Waals surface area contributed by atoms with Gasteiger partial charge in [-0.15, -0.1) is 0 Å². The van der Waals surface area contributed by atoms with E-state index in [2.05, 4.69) is 59.1 Å². The zero-order chi connectivity index (χ0) is 15.8. The van der Waals surface area contributed by atoms with E-state index in [0.717, 1.165) is 54.8 Å². The van der Waals surface area contributed by atoms with Crippen LogP contribution >= 0.6 is 0 Å². The third-order valence-corrected chi connectivity index (χ3v) is 4.41. The first-order valence-electron chi connectivity index (χ1n) is 8.13. The van der Waals surface area contributed by atoms with E-state index in [1.807, 2.05) is 6.08 Å². The molecule has 1 aromatic carbocycles. The van der Waals surface area contributed by atoms with Crippen LogP contribution in [0.25, 0.3) is 6.08 Å². The normalized spacial score (nSPS) is 22.9. The number of hydrogen-bond donors (Lipinski definition) is 1. The third kappa shape index (κ3) is 2.47. The standard InChI is InChI=1S/C18H21N5/c1-3-14-4-5-15-16(12-14)23-9-6-13(2)20-18(23)17(21-15)22-10-7-19-8-11-22/h3-6,9,12-13,19H,1,7-8,10-11H2,2H3. The first-order valence-corrected chi connectivity index (χ1v) is 8.13. The Labute approximate surface area is 136 Å². The zero-order valence-electron chi connectivity index (χ0n) is 13.4. The monoisotopic (exact) mass is 307 g/mol. The molecule has 1 saturated heterocycles. The van der Waals surface area contributed by atoms with Gasteiger partial charge >= 0.3 is 0 Å². The number of rotatable bonds is 1. The Morgan fingerprint density at radius 3 is 2.87 bits per heavy atom. The number of amidine groups is 2. The van der Waals surface area contributed by atoms with E-state index in [9.17, 15) is 0 Å². The van der Waals surface area contributed by atoms with Crippen molar-refractivity contribution in [1.29, 1.82) is 0 Å². The Hall–Kier alpha value is -2.40. The first kappa shape index (κ1) is 14.2. The lowest BCUT2D eigenvalue weighted by atomic mass is 10.1. The molecule has 3 heterocycles. The fourth-order valence-corrected chi connectivity index (χ4v) is 3.15. The molecule has 1 unspecified atom stereocenters. The highest BCUT2D eigenvalue weighted by Gasteiger charge is 2.31. The largest absolute Gasteiger partial charge is 0.351 e. The quantitative estimate of drug-likeness (QED) is 0.866. The van der Waals surface area contributed by atoms with Crippen molar-refractivity contribution in [2.45, 2.75) is 13.0 Å². The van der Waals surface area contributed by atoms with Crippen LogP contribution in [-0.4, -0.2) is 48.8 Å². The van der Waals surface area contributed by atoms with Crippen LogP contribution in [0.2, 0.25) is 0 Å². The van der Waals surface area contributed by atoms with Crippen molar-refractivity contribution < 1.29 is 0 Å². The van der Waals surface area contributed by atoms with Gasteiger partial charge in [0.15, 0.2) is 11.7 Å². The molecule has 5 heteroatoms. The lowest BCUT2D eigenvalue weighted by Crippen LogP contribution is -2.53. The number of fused-ring (bicyclic) bond motifs is 3. The fourth-order valence-electron chi connectivity index (χ4n) is 3.15. The van der Waals surface area contributed by atoms with Gasteiger partial charge < -0.3 is 10.2 Å².